The predicted octanol–water partition coefficient (Wildman–Crippen LogP) is 2.61. The highest BCUT2D eigenvalue weighted by atomic mass is 19.1. The van der Waals surface area contributed by atoms with E-state index in [9.17, 15) is 4.39 Å². The Kier molecular flexibility index (Phi) is 2.22. The van der Waals surface area contributed by atoms with E-state index >= 15 is 0 Å². The predicted molar refractivity (Wildman–Crippen MR) is 62.7 cm³/mol. The Morgan fingerprint density at radius 1 is 1.00 bits per heavy atom. The molecule has 0 unspecified atom stereocenters. The minimum Gasteiger partial charge on any atom is -0.324 e. The average molecular weight is 228 g/mol. The number of hydrogen-bond donors (Lipinski definition) is 1. The summed E-state index contributed by atoms with van der Waals surface area (Å²) in [5.74, 6) is 0.342. The first-order valence-corrected chi connectivity index (χ1v) is 5.15. The summed E-state index contributed by atoms with van der Waals surface area (Å²) in [5, 5.41) is 11.1. The van der Waals surface area contributed by atoms with Gasteiger partial charge in [-0.1, -0.05) is 6.07 Å². The van der Waals surface area contributed by atoms with E-state index in [4.69, 9.17) is 0 Å². The summed E-state index contributed by atoms with van der Waals surface area (Å²) in [6, 6.07) is 11.7. The number of fused-ring (bicyclic) bond motifs is 1. The van der Waals surface area contributed by atoms with E-state index < -0.39 is 0 Å². The van der Waals surface area contributed by atoms with Gasteiger partial charge in [-0.2, -0.15) is 0 Å². The van der Waals surface area contributed by atoms with Crippen molar-refractivity contribution in [3.8, 4) is 0 Å². The molecule has 0 saturated heterocycles. The normalized spacial score (nSPS) is 10.6. The molecule has 0 bridgehead atoms. The summed E-state index contributed by atoms with van der Waals surface area (Å²) in [4.78, 5) is 0. The number of nitrogens with zero attached hydrogens (tertiary/aromatic N) is 3. The lowest BCUT2D eigenvalue weighted by Crippen LogP contribution is -1.96. The van der Waals surface area contributed by atoms with Gasteiger partial charge in [-0.05, 0) is 36.4 Å². The maximum Gasteiger partial charge on any atom is 0.233 e. The third-order valence-corrected chi connectivity index (χ3v) is 2.41. The van der Waals surface area contributed by atoms with Crippen LogP contribution < -0.4 is 5.32 Å². The van der Waals surface area contributed by atoms with Gasteiger partial charge < -0.3 is 5.32 Å². The lowest BCUT2D eigenvalue weighted by Gasteiger charge is -2.03. The van der Waals surface area contributed by atoms with E-state index in [1.165, 1.54) is 12.1 Å². The number of nitrogens with one attached hydrogen (secondary N) is 1. The van der Waals surface area contributed by atoms with Gasteiger partial charge in [-0.3, -0.25) is 4.40 Å². The summed E-state index contributed by atoms with van der Waals surface area (Å²) in [7, 11) is 0. The van der Waals surface area contributed by atoms with Gasteiger partial charge in [-0.15, -0.1) is 10.2 Å². The number of pyridine rings is 1. The van der Waals surface area contributed by atoms with Crippen LogP contribution in [0.25, 0.3) is 5.65 Å². The summed E-state index contributed by atoms with van der Waals surface area (Å²) in [6.45, 7) is 0. The van der Waals surface area contributed by atoms with Gasteiger partial charge in [0.15, 0.2) is 5.65 Å². The fourth-order valence-corrected chi connectivity index (χ4v) is 1.59. The highest BCUT2D eigenvalue weighted by Gasteiger charge is 2.03. The molecule has 0 spiro atoms. The number of benzene rings is 1. The Balaban J connectivity index is 1.97. The van der Waals surface area contributed by atoms with Crippen LogP contribution in [-0.4, -0.2) is 14.6 Å². The lowest BCUT2D eigenvalue weighted by atomic mass is 10.3. The van der Waals surface area contributed by atoms with Gasteiger partial charge in [0.25, 0.3) is 0 Å². The molecule has 17 heavy (non-hydrogen) atoms. The molecular formula is C12H9FN4. The zero-order valence-electron chi connectivity index (χ0n) is 8.84. The summed E-state index contributed by atoms with van der Waals surface area (Å²) in [5.41, 5.74) is 1.53. The Hall–Kier alpha value is -2.43. The van der Waals surface area contributed by atoms with E-state index in [2.05, 4.69) is 15.5 Å². The van der Waals surface area contributed by atoms with Gasteiger partial charge in [0, 0.05) is 11.9 Å². The molecule has 5 heteroatoms. The molecule has 0 atom stereocenters. The second-order valence-corrected chi connectivity index (χ2v) is 3.58. The van der Waals surface area contributed by atoms with E-state index in [1.807, 2.05) is 28.8 Å². The van der Waals surface area contributed by atoms with Gasteiger partial charge >= 0.3 is 0 Å². The molecule has 0 amide bonds. The molecule has 4 nitrogen and oxygen atoms in total. The Morgan fingerprint density at radius 3 is 2.65 bits per heavy atom. The maximum atomic E-state index is 12.8. The van der Waals surface area contributed by atoms with Gasteiger partial charge in [0.05, 0.1) is 0 Å². The zero-order chi connectivity index (χ0) is 11.7. The van der Waals surface area contributed by atoms with Crippen LogP contribution in [0.15, 0.2) is 48.7 Å². The van der Waals surface area contributed by atoms with Crippen LogP contribution in [0.4, 0.5) is 16.0 Å². The molecular weight excluding hydrogens is 219 g/mol. The number of hydrogen-bond acceptors (Lipinski definition) is 3. The van der Waals surface area contributed by atoms with Crippen LogP contribution in [-0.2, 0) is 0 Å². The van der Waals surface area contributed by atoms with Gasteiger partial charge in [0.1, 0.15) is 5.82 Å². The SMILES string of the molecule is Fc1ccc(Nc2nnc3ccccn23)cc1. The van der Waals surface area contributed by atoms with E-state index in [0.717, 1.165) is 11.3 Å². The highest BCUT2D eigenvalue weighted by molar-refractivity contribution is 5.56. The second kappa shape index (κ2) is 3.86. The smallest absolute Gasteiger partial charge is 0.233 e. The van der Waals surface area contributed by atoms with Gasteiger partial charge in [0.2, 0.25) is 5.95 Å². The molecule has 2 heterocycles. The number of anilines is 2. The summed E-state index contributed by atoms with van der Waals surface area (Å²) >= 11 is 0. The van der Waals surface area contributed by atoms with Crippen molar-refractivity contribution in [2.24, 2.45) is 0 Å². The van der Waals surface area contributed by atoms with Crippen molar-refractivity contribution in [2.75, 3.05) is 5.32 Å². The molecule has 3 rings (SSSR count). The number of rotatable bonds is 2. The number of aromatic nitrogens is 3. The minimum atomic E-state index is -0.262. The van der Waals surface area contributed by atoms with Crippen molar-refractivity contribution in [1.82, 2.24) is 14.6 Å². The van der Waals surface area contributed by atoms with Crippen LogP contribution in [0.5, 0.6) is 0 Å². The fraction of sp³-hybridized carbons (Fsp3) is 0. The first-order chi connectivity index (χ1) is 8.33. The number of halogens is 1. The molecule has 84 valence electrons. The Bertz CT molecular complexity index is 645. The third kappa shape index (κ3) is 1.82. The average Bonchev–Trinajstić information content (AvgIpc) is 2.76. The largest absolute Gasteiger partial charge is 0.324 e. The quantitative estimate of drug-likeness (QED) is 0.733. The molecule has 0 fully saturated rings. The van der Waals surface area contributed by atoms with E-state index in [-0.39, 0.29) is 5.82 Å². The van der Waals surface area contributed by atoms with Crippen molar-refractivity contribution in [3.63, 3.8) is 0 Å². The lowest BCUT2D eigenvalue weighted by molar-refractivity contribution is 0.628. The first-order valence-electron chi connectivity index (χ1n) is 5.15. The molecule has 2 aromatic heterocycles. The molecule has 1 aromatic carbocycles. The summed E-state index contributed by atoms with van der Waals surface area (Å²) < 4.78 is 14.6. The van der Waals surface area contributed by atoms with Crippen LogP contribution in [0.1, 0.15) is 0 Å². The third-order valence-electron chi connectivity index (χ3n) is 2.41. The summed E-state index contributed by atoms with van der Waals surface area (Å²) in [6.07, 6.45) is 1.86. The van der Waals surface area contributed by atoms with Crippen molar-refractivity contribution < 1.29 is 4.39 Å². The maximum absolute atomic E-state index is 12.8. The standard InChI is InChI=1S/C12H9FN4/c13-9-4-6-10(7-5-9)14-12-16-15-11-3-1-2-8-17(11)12/h1-8H,(H,14,16). The minimum absolute atomic E-state index is 0.262. The van der Waals surface area contributed by atoms with Crippen molar-refractivity contribution in [3.05, 3.63) is 54.5 Å². The van der Waals surface area contributed by atoms with E-state index in [0.29, 0.717) is 5.95 Å². The Morgan fingerprint density at radius 2 is 1.82 bits per heavy atom. The molecule has 0 aliphatic heterocycles. The molecule has 0 aliphatic rings. The van der Waals surface area contributed by atoms with Crippen molar-refractivity contribution in [2.45, 2.75) is 0 Å². The fourth-order valence-electron chi connectivity index (χ4n) is 1.59. The molecule has 0 aliphatic carbocycles. The Labute approximate surface area is 96.7 Å². The second-order valence-electron chi connectivity index (χ2n) is 3.58. The monoisotopic (exact) mass is 228 g/mol. The molecule has 3 aromatic rings. The van der Waals surface area contributed by atoms with Crippen molar-refractivity contribution in [1.29, 1.82) is 0 Å². The highest BCUT2D eigenvalue weighted by Crippen LogP contribution is 2.15. The van der Waals surface area contributed by atoms with E-state index in [1.54, 1.807) is 12.1 Å². The first kappa shape index (κ1) is 9.77. The molecule has 0 radical (unpaired) electrons. The topological polar surface area (TPSA) is 42.2 Å². The van der Waals surface area contributed by atoms with Crippen LogP contribution in [0, 0.1) is 5.82 Å². The molecule has 0 saturated carbocycles. The zero-order valence-corrected chi connectivity index (χ0v) is 8.84. The van der Waals surface area contributed by atoms with Gasteiger partial charge in [-0.25, -0.2) is 4.39 Å². The van der Waals surface area contributed by atoms with Crippen LogP contribution in [0.3, 0.4) is 0 Å². The molecule has 1 N–H and O–H groups in total. The van der Waals surface area contributed by atoms with Crippen molar-refractivity contribution >= 4 is 17.3 Å². The van der Waals surface area contributed by atoms with Crippen LogP contribution >= 0.6 is 0 Å². The van der Waals surface area contributed by atoms with Crippen LogP contribution in [0.2, 0.25) is 0 Å².